The van der Waals surface area contributed by atoms with E-state index in [1.165, 1.54) is 18.6 Å². The predicted molar refractivity (Wildman–Crippen MR) is 107 cm³/mol. The highest BCUT2D eigenvalue weighted by molar-refractivity contribution is 5.82. The van der Waals surface area contributed by atoms with Gasteiger partial charge in [0.15, 0.2) is 0 Å². The van der Waals surface area contributed by atoms with E-state index in [0.717, 1.165) is 36.4 Å². The van der Waals surface area contributed by atoms with E-state index in [9.17, 15) is 9.18 Å². The molecule has 4 rings (SSSR count). The van der Waals surface area contributed by atoms with E-state index in [1.807, 2.05) is 31.2 Å². The van der Waals surface area contributed by atoms with Crippen molar-refractivity contribution in [3.63, 3.8) is 0 Å². The first kappa shape index (κ1) is 18.7. The van der Waals surface area contributed by atoms with Gasteiger partial charge >= 0.3 is 0 Å². The molecular weight excluding hydrogens is 355 g/mol. The monoisotopic (exact) mass is 380 g/mol. The largest absolute Gasteiger partial charge is 0.461 e. The molecular formula is C23H25FN2O2. The normalized spacial score (nSPS) is 17.0. The SMILES string of the molecule is CC(=O)NC1(c2ccccc2F)CCN(Cc2c(C)oc3ccccc23)CC1. The van der Waals surface area contributed by atoms with Crippen molar-refractivity contribution in [2.24, 2.45) is 0 Å². The van der Waals surface area contributed by atoms with Crippen molar-refractivity contribution in [3.05, 3.63) is 71.2 Å². The van der Waals surface area contributed by atoms with Gasteiger partial charge in [-0.05, 0) is 31.9 Å². The molecule has 4 nitrogen and oxygen atoms in total. The molecule has 1 saturated heterocycles. The molecule has 0 aliphatic carbocycles. The molecule has 1 aliphatic rings. The van der Waals surface area contributed by atoms with Gasteiger partial charge in [0.2, 0.25) is 5.91 Å². The molecule has 0 saturated carbocycles. The summed E-state index contributed by atoms with van der Waals surface area (Å²) in [6.45, 7) is 5.83. The van der Waals surface area contributed by atoms with Gasteiger partial charge in [-0.2, -0.15) is 0 Å². The topological polar surface area (TPSA) is 45.5 Å². The minimum Gasteiger partial charge on any atom is -0.461 e. The highest BCUT2D eigenvalue weighted by Gasteiger charge is 2.39. The van der Waals surface area contributed by atoms with Crippen LogP contribution in [0.4, 0.5) is 4.39 Å². The lowest BCUT2D eigenvalue weighted by molar-refractivity contribution is -0.121. The second-order valence-electron chi connectivity index (χ2n) is 7.65. The number of hydrogen-bond acceptors (Lipinski definition) is 3. The third kappa shape index (κ3) is 3.42. The van der Waals surface area contributed by atoms with Crippen LogP contribution in [0.1, 0.15) is 36.7 Å². The fourth-order valence-corrected chi connectivity index (χ4v) is 4.38. The van der Waals surface area contributed by atoms with Crippen LogP contribution in [0.15, 0.2) is 52.9 Å². The average Bonchev–Trinajstić information content (AvgIpc) is 2.99. The Kier molecular flexibility index (Phi) is 4.94. The number of halogens is 1. The van der Waals surface area contributed by atoms with Crippen molar-refractivity contribution in [2.75, 3.05) is 13.1 Å². The number of likely N-dealkylation sites (tertiary alicyclic amines) is 1. The molecule has 1 N–H and O–H groups in total. The minimum absolute atomic E-state index is 0.131. The summed E-state index contributed by atoms with van der Waals surface area (Å²) in [5.41, 5.74) is 2.04. The van der Waals surface area contributed by atoms with E-state index < -0.39 is 5.54 Å². The van der Waals surface area contributed by atoms with Crippen LogP contribution in [-0.2, 0) is 16.9 Å². The Morgan fingerprint density at radius 2 is 1.82 bits per heavy atom. The highest BCUT2D eigenvalue weighted by Crippen LogP contribution is 2.36. The van der Waals surface area contributed by atoms with Crippen molar-refractivity contribution >= 4 is 16.9 Å². The van der Waals surface area contributed by atoms with Crippen LogP contribution in [0.5, 0.6) is 0 Å². The van der Waals surface area contributed by atoms with Gasteiger partial charge < -0.3 is 9.73 Å². The van der Waals surface area contributed by atoms with Gasteiger partial charge in [-0.3, -0.25) is 9.69 Å². The molecule has 1 aliphatic heterocycles. The van der Waals surface area contributed by atoms with Crippen molar-refractivity contribution < 1.29 is 13.6 Å². The number of piperidine rings is 1. The van der Waals surface area contributed by atoms with E-state index in [0.29, 0.717) is 18.4 Å². The van der Waals surface area contributed by atoms with Crippen molar-refractivity contribution in [1.82, 2.24) is 10.2 Å². The first-order valence-corrected chi connectivity index (χ1v) is 9.72. The van der Waals surface area contributed by atoms with Crippen LogP contribution < -0.4 is 5.32 Å². The molecule has 1 amide bonds. The lowest BCUT2D eigenvalue weighted by Crippen LogP contribution is -2.52. The number of amides is 1. The van der Waals surface area contributed by atoms with Crippen LogP contribution in [0.25, 0.3) is 11.0 Å². The lowest BCUT2D eigenvalue weighted by Gasteiger charge is -2.42. The van der Waals surface area contributed by atoms with E-state index in [-0.39, 0.29) is 11.7 Å². The van der Waals surface area contributed by atoms with Crippen molar-refractivity contribution in [2.45, 2.75) is 38.8 Å². The fraction of sp³-hybridized carbons (Fsp3) is 0.348. The number of para-hydroxylation sites is 1. The number of benzene rings is 2. The quantitative estimate of drug-likeness (QED) is 0.724. The molecule has 5 heteroatoms. The van der Waals surface area contributed by atoms with Crippen molar-refractivity contribution in [3.8, 4) is 0 Å². The first-order chi connectivity index (χ1) is 13.5. The summed E-state index contributed by atoms with van der Waals surface area (Å²) in [5, 5.41) is 4.19. The number of hydrogen-bond donors (Lipinski definition) is 1. The number of nitrogens with one attached hydrogen (secondary N) is 1. The van der Waals surface area contributed by atoms with Gasteiger partial charge in [0.05, 0.1) is 5.54 Å². The zero-order chi connectivity index (χ0) is 19.7. The average molecular weight is 380 g/mol. The molecule has 0 spiro atoms. The minimum atomic E-state index is -0.652. The van der Waals surface area contributed by atoms with E-state index in [1.54, 1.807) is 12.1 Å². The molecule has 0 bridgehead atoms. The number of rotatable bonds is 4. The van der Waals surface area contributed by atoms with Gasteiger partial charge in [0.1, 0.15) is 17.2 Å². The van der Waals surface area contributed by atoms with Crippen LogP contribution in [0.2, 0.25) is 0 Å². The zero-order valence-corrected chi connectivity index (χ0v) is 16.3. The Morgan fingerprint density at radius 3 is 2.54 bits per heavy atom. The molecule has 1 aromatic heterocycles. The molecule has 3 aromatic rings. The standard InChI is InChI=1S/C23H25FN2O2/c1-16-19(18-7-3-6-10-22(18)28-16)15-26-13-11-23(12-14-26,25-17(2)27)20-8-4-5-9-21(20)24/h3-10H,11-15H2,1-2H3,(H,25,27). The Labute approximate surface area is 164 Å². The summed E-state index contributed by atoms with van der Waals surface area (Å²) >= 11 is 0. The number of carbonyl (C=O) groups is 1. The van der Waals surface area contributed by atoms with Gasteiger partial charge in [-0.25, -0.2) is 4.39 Å². The Bertz CT molecular complexity index is 1000. The molecule has 0 unspecified atom stereocenters. The summed E-state index contributed by atoms with van der Waals surface area (Å²) in [5.74, 6) is 0.545. The molecule has 0 radical (unpaired) electrons. The third-order valence-electron chi connectivity index (χ3n) is 5.80. The number of carbonyl (C=O) groups excluding carboxylic acids is 1. The van der Waals surface area contributed by atoms with Gasteiger partial charge in [0.25, 0.3) is 0 Å². The van der Waals surface area contributed by atoms with Crippen LogP contribution in [-0.4, -0.2) is 23.9 Å². The molecule has 2 heterocycles. The first-order valence-electron chi connectivity index (χ1n) is 9.72. The van der Waals surface area contributed by atoms with Gasteiger partial charge in [-0.1, -0.05) is 36.4 Å². The number of fused-ring (bicyclic) bond motifs is 1. The number of nitrogens with zero attached hydrogens (tertiary/aromatic N) is 1. The fourth-order valence-electron chi connectivity index (χ4n) is 4.38. The van der Waals surface area contributed by atoms with Gasteiger partial charge in [0, 0.05) is 43.1 Å². The zero-order valence-electron chi connectivity index (χ0n) is 16.3. The second-order valence-corrected chi connectivity index (χ2v) is 7.65. The Morgan fingerprint density at radius 1 is 1.14 bits per heavy atom. The maximum atomic E-state index is 14.5. The van der Waals surface area contributed by atoms with Crippen LogP contribution in [0, 0.1) is 12.7 Å². The molecule has 28 heavy (non-hydrogen) atoms. The third-order valence-corrected chi connectivity index (χ3v) is 5.80. The summed E-state index contributed by atoms with van der Waals surface area (Å²) in [7, 11) is 0. The van der Waals surface area contributed by atoms with E-state index in [4.69, 9.17) is 4.42 Å². The maximum absolute atomic E-state index is 14.5. The summed E-state index contributed by atoms with van der Waals surface area (Å²) in [6, 6.07) is 14.8. The number of furan rings is 1. The van der Waals surface area contributed by atoms with E-state index in [2.05, 4.69) is 16.3 Å². The lowest BCUT2D eigenvalue weighted by atomic mass is 9.80. The second kappa shape index (κ2) is 7.40. The van der Waals surface area contributed by atoms with Crippen molar-refractivity contribution in [1.29, 1.82) is 0 Å². The molecule has 146 valence electrons. The smallest absolute Gasteiger partial charge is 0.217 e. The Balaban J connectivity index is 1.56. The maximum Gasteiger partial charge on any atom is 0.217 e. The summed E-state index contributed by atoms with van der Waals surface area (Å²) < 4.78 is 20.4. The summed E-state index contributed by atoms with van der Waals surface area (Å²) in [6.07, 6.45) is 1.34. The molecule has 0 atom stereocenters. The summed E-state index contributed by atoms with van der Waals surface area (Å²) in [4.78, 5) is 14.2. The number of aryl methyl sites for hydroxylation is 1. The molecule has 2 aromatic carbocycles. The van der Waals surface area contributed by atoms with E-state index >= 15 is 0 Å². The van der Waals surface area contributed by atoms with Crippen LogP contribution in [0.3, 0.4) is 0 Å². The van der Waals surface area contributed by atoms with Crippen LogP contribution >= 0.6 is 0 Å². The molecule has 1 fully saturated rings. The Hall–Kier alpha value is -2.66. The highest BCUT2D eigenvalue weighted by atomic mass is 19.1. The van der Waals surface area contributed by atoms with Gasteiger partial charge in [-0.15, -0.1) is 0 Å². The predicted octanol–water partition coefficient (Wildman–Crippen LogP) is 4.51.